The second-order valence-corrected chi connectivity index (χ2v) is 6.88. The van der Waals surface area contributed by atoms with Crippen LogP contribution in [-0.4, -0.2) is 35.6 Å². The van der Waals surface area contributed by atoms with Crippen LogP contribution in [0.5, 0.6) is 11.5 Å². The summed E-state index contributed by atoms with van der Waals surface area (Å²) in [5, 5.41) is 0.391. The summed E-state index contributed by atoms with van der Waals surface area (Å²) in [5.74, 6) is 0.931. The van der Waals surface area contributed by atoms with E-state index in [4.69, 9.17) is 21.1 Å². The van der Waals surface area contributed by atoms with Gasteiger partial charge in [0.2, 0.25) is 0 Å². The summed E-state index contributed by atoms with van der Waals surface area (Å²) >= 11 is 6.36. The molecular weight excluding hydrogens is 352 g/mol. The van der Waals surface area contributed by atoms with Gasteiger partial charge in [-0.05, 0) is 50.5 Å². The molecule has 3 rings (SSSR count). The quantitative estimate of drug-likeness (QED) is 0.774. The molecular formula is C20H25ClN2O3. The van der Waals surface area contributed by atoms with Crippen LogP contribution in [0.25, 0.3) is 0 Å². The minimum atomic E-state index is -0.0286. The fraction of sp³-hybridized carbons (Fsp3) is 0.450. The van der Waals surface area contributed by atoms with E-state index in [2.05, 4.69) is 10.6 Å². The molecule has 2 aromatic rings. The molecule has 1 aromatic carbocycles. The fourth-order valence-corrected chi connectivity index (χ4v) is 3.86. The van der Waals surface area contributed by atoms with Gasteiger partial charge in [0.25, 0.3) is 5.91 Å². The monoisotopic (exact) mass is 376 g/mol. The molecule has 2 heterocycles. The summed E-state index contributed by atoms with van der Waals surface area (Å²) in [6, 6.07) is 7.57. The van der Waals surface area contributed by atoms with Gasteiger partial charge in [0.1, 0.15) is 0 Å². The van der Waals surface area contributed by atoms with Gasteiger partial charge in [0, 0.05) is 31.0 Å². The largest absolute Gasteiger partial charge is 0.493 e. The van der Waals surface area contributed by atoms with Gasteiger partial charge in [0.05, 0.1) is 24.8 Å². The molecule has 0 spiro atoms. The predicted molar refractivity (Wildman–Crippen MR) is 102 cm³/mol. The molecule has 140 valence electrons. The average molecular weight is 377 g/mol. The van der Waals surface area contributed by atoms with E-state index in [-0.39, 0.29) is 11.9 Å². The molecule has 1 aliphatic rings. The number of methoxy groups -OCH3 is 1. The Morgan fingerprint density at radius 3 is 2.81 bits per heavy atom. The van der Waals surface area contributed by atoms with Gasteiger partial charge in [0.15, 0.2) is 11.5 Å². The number of amides is 1. The molecule has 1 fully saturated rings. The van der Waals surface area contributed by atoms with E-state index in [0.29, 0.717) is 28.7 Å². The summed E-state index contributed by atoms with van der Waals surface area (Å²) in [7, 11) is 3.57. The third kappa shape index (κ3) is 3.54. The number of carbonyl (C=O) groups is 1. The number of aromatic nitrogens is 1. The highest BCUT2D eigenvalue weighted by Gasteiger charge is 2.31. The van der Waals surface area contributed by atoms with E-state index >= 15 is 0 Å². The van der Waals surface area contributed by atoms with Crippen molar-refractivity contribution in [3.63, 3.8) is 0 Å². The standard InChI is InChI=1S/C20H25ClN2O3/c1-4-26-19-15(21)12-14(13-18(19)25-3)20(24)23-11-6-5-8-17(23)16-9-7-10-22(16)2/h7,9-10,12-13,17H,4-6,8,11H2,1-3H3/t17-/m1/s1. The van der Waals surface area contributed by atoms with Crippen LogP contribution in [0, 0.1) is 0 Å². The van der Waals surface area contributed by atoms with Crippen LogP contribution >= 0.6 is 11.6 Å². The molecule has 1 atom stereocenters. The van der Waals surface area contributed by atoms with Gasteiger partial charge in [-0.1, -0.05) is 11.6 Å². The van der Waals surface area contributed by atoms with Crippen LogP contribution in [0.1, 0.15) is 48.3 Å². The van der Waals surface area contributed by atoms with Gasteiger partial charge in [-0.25, -0.2) is 0 Å². The third-order valence-electron chi connectivity index (χ3n) is 4.85. The lowest BCUT2D eigenvalue weighted by Crippen LogP contribution is -2.39. The lowest BCUT2D eigenvalue weighted by Gasteiger charge is -2.36. The van der Waals surface area contributed by atoms with Crippen molar-refractivity contribution in [1.82, 2.24) is 9.47 Å². The number of halogens is 1. The van der Waals surface area contributed by atoms with Crippen LogP contribution in [0.2, 0.25) is 5.02 Å². The predicted octanol–water partition coefficient (Wildman–Crippen LogP) is 4.45. The van der Waals surface area contributed by atoms with E-state index in [1.165, 1.54) is 0 Å². The highest BCUT2D eigenvalue weighted by Crippen LogP contribution is 2.38. The summed E-state index contributed by atoms with van der Waals surface area (Å²) in [5.41, 5.74) is 1.68. The van der Waals surface area contributed by atoms with Crippen molar-refractivity contribution in [2.45, 2.75) is 32.2 Å². The second kappa shape index (κ2) is 8.04. The zero-order valence-corrected chi connectivity index (χ0v) is 16.3. The number of rotatable bonds is 5. The second-order valence-electron chi connectivity index (χ2n) is 6.48. The number of nitrogens with zero attached hydrogens (tertiary/aromatic N) is 2. The topological polar surface area (TPSA) is 43.7 Å². The van der Waals surface area contributed by atoms with Gasteiger partial charge in [-0.3, -0.25) is 4.79 Å². The first-order valence-electron chi connectivity index (χ1n) is 8.99. The number of benzene rings is 1. The van der Waals surface area contributed by atoms with Crippen LogP contribution in [0.15, 0.2) is 30.5 Å². The van der Waals surface area contributed by atoms with Gasteiger partial charge in [-0.15, -0.1) is 0 Å². The molecule has 1 saturated heterocycles. The van der Waals surface area contributed by atoms with Crippen LogP contribution < -0.4 is 9.47 Å². The molecule has 6 heteroatoms. The molecule has 1 amide bonds. The molecule has 0 N–H and O–H groups in total. The first-order chi connectivity index (χ1) is 12.6. The van der Waals surface area contributed by atoms with E-state index < -0.39 is 0 Å². The number of hydrogen-bond donors (Lipinski definition) is 0. The van der Waals surface area contributed by atoms with Gasteiger partial charge in [-0.2, -0.15) is 0 Å². The number of piperidine rings is 1. The van der Waals surface area contributed by atoms with Crippen molar-refractivity contribution < 1.29 is 14.3 Å². The van der Waals surface area contributed by atoms with Crippen LogP contribution in [-0.2, 0) is 7.05 Å². The molecule has 1 aromatic heterocycles. The van der Waals surface area contributed by atoms with Crippen molar-refractivity contribution in [2.75, 3.05) is 20.3 Å². The van der Waals surface area contributed by atoms with E-state index in [9.17, 15) is 4.79 Å². The molecule has 5 nitrogen and oxygen atoms in total. The first-order valence-corrected chi connectivity index (χ1v) is 9.37. The number of carbonyl (C=O) groups excluding carboxylic acids is 1. The summed E-state index contributed by atoms with van der Waals surface area (Å²) < 4.78 is 13.0. The average Bonchev–Trinajstić information content (AvgIpc) is 3.08. The van der Waals surface area contributed by atoms with Crippen molar-refractivity contribution in [3.8, 4) is 11.5 Å². The Bertz CT molecular complexity index is 787. The van der Waals surface area contributed by atoms with E-state index in [1.807, 2.05) is 31.1 Å². The Morgan fingerprint density at radius 1 is 1.35 bits per heavy atom. The van der Waals surface area contributed by atoms with Crippen LogP contribution in [0.3, 0.4) is 0 Å². The molecule has 26 heavy (non-hydrogen) atoms. The number of ether oxygens (including phenoxy) is 2. The normalized spacial score (nSPS) is 17.2. The smallest absolute Gasteiger partial charge is 0.254 e. The zero-order chi connectivity index (χ0) is 18.7. The SMILES string of the molecule is CCOc1c(Cl)cc(C(=O)N2CCCC[C@@H]2c2cccn2C)cc1OC. The lowest BCUT2D eigenvalue weighted by molar-refractivity contribution is 0.0602. The Kier molecular flexibility index (Phi) is 5.77. The fourth-order valence-electron chi connectivity index (χ4n) is 3.60. The Balaban J connectivity index is 1.94. The van der Waals surface area contributed by atoms with Crippen molar-refractivity contribution in [1.29, 1.82) is 0 Å². The number of aryl methyl sites for hydroxylation is 1. The van der Waals surface area contributed by atoms with Gasteiger partial charge >= 0.3 is 0 Å². The molecule has 0 unspecified atom stereocenters. The summed E-state index contributed by atoms with van der Waals surface area (Å²) in [6.45, 7) is 3.10. The molecule has 1 aliphatic heterocycles. The van der Waals surface area contributed by atoms with Crippen LogP contribution in [0.4, 0.5) is 0 Å². The zero-order valence-electron chi connectivity index (χ0n) is 15.5. The van der Waals surface area contributed by atoms with Crippen molar-refractivity contribution >= 4 is 17.5 Å². The highest BCUT2D eigenvalue weighted by atomic mass is 35.5. The Hall–Kier alpha value is -2.14. The maximum atomic E-state index is 13.3. The maximum Gasteiger partial charge on any atom is 0.254 e. The van der Waals surface area contributed by atoms with Crippen molar-refractivity contribution in [2.24, 2.45) is 7.05 Å². The van der Waals surface area contributed by atoms with Gasteiger partial charge < -0.3 is 18.9 Å². The highest BCUT2D eigenvalue weighted by molar-refractivity contribution is 6.32. The number of likely N-dealkylation sites (tertiary alicyclic amines) is 1. The van der Waals surface area contributed by atoms with E-state index in [0.717, 1.165) is 31.5 Å². The molecule has 0 radical (unpaired) electrons. The Labute approximate surface area is 159 Å². The Morgan fingerprint density at radius 2 is 2.15 bits per heavy atom. The molecule has 0 bridgehead atoms. The lowest BCUT2D eigenvalue weighted by atomic mass is 9.98. The van der Waals surface area contributed by atoms with E-state index in [1.54, 1.807) is 19.2 Å². The summed E-state index contributed by atoms with van der Waals surface area (Å²) in [4.78, 5) is 15.2. The molecule has 0 aliphatic carbocycles. The maximum absolute atomic E-state index is 13.3. The minimum absolute atomic E-state index is 0.0286. The molecule has 0 saturated carbocycles. The van der Waals surface area contributed by atoms with Crippen molar-refractivity contribution in [3.05, 3.63) is 46.7 Å². The first kappa shape index (κ1) is 18.6. The summed E-state index contributed by atoms with van der Waals surface area (Å²) in [6.07, 6.45) is 5.11. The third-order valence-corrected chi connectivity index (χ3v) is 5.13. The number of hydrogen-bond acceptors (Lipinski definition) is 3. The minimum Gasteiger partial charge on any atom is -0.493 e.